The van der Waals surface area contributed by atoms with Crippen molar-refractivity contribution in [1.82, 2.24) is 9.62 Å². The predicted octanol–water partition coefficient (Wildman–Crippen LogP) is 2.20. The number of hydrogen-bond donors (Lipinski definition) is 1. The minimum Gasteiger partial charge on any atom is -0.376 e. The van der Waals surface area contributed by atoms with Gasteiger partial charge in [0.1, 0.15) is 0 Å². The van der Waals surface area contributed by atoms with Crippen LogP contribution in [0.3, 0.4) is 0 Å². The molecule has 2 aromatic rings. The fourth-order valence-electron chi connectivity index (χ4n) is 3.68. The largest absolute Gasteiger partial charge is 0.376 e. The first-order chi connectivity index (χ1) is 15.8. The SMILES string of the molecule is N#Cc1cccc(COCC2CCCN(C(=O)CNS(=O)(=O)c3ccccc3[N+](=O)[O-])C2)c1. The first-order valence-electron chi connectivity index (χ1n) is 10.4. The minimum absolute atomic E-state index is 0.105. The molecule has 1 saturated heterocycles. The van der Waals surface area contributed by atoms with E-state index in [1.165, 1.54) is 12.1 Å². The second kappa shape index (κ2) is 11.0. The van der Waals surface area contributed by atoms with Crippen LogP contribution in [0.1, 0.15) is 24.0 Å². The summed E-state index contributed by atoms with van der Waals surface area (Å²) in [5.74, 6) is -0.294. The van der Waals surface area contributed by atoms with Crippen LogP contribution in [-0.2, 0) is 26.2 Å². The molecule has 1 fully saturated rings. The monoisotopic (exact) mass is 472 g/mol. The van der Waals surface area contributed by atoms with Crippen LogP contribution in [-0.4, -0.2) is 50.4 Å². The van der Waals surface area contributed by atoms with Crippen molar-refractivity contribution >= 4 is 21.6 Å². The van der Waals surface area contributed by atoms with Crippen LogP contribution in [0.5, 0.6) is 0 Å². The summed E-state index contributed by atoms with van der Waals surface area (Å²) in [6.07, 6.45) is 1.64. The third kappa shape index (κ3) is 6.58. The van der Waals surface area contributed by atoms with Gasteiger partial charge in [0.15, 0.2) is 4.90 Å². The fourth-order valence-corrected chi connectivity index (χ4v) is 4.83. The van der Waals surface area contributed by atoms with E-state index in [-0.39, 0.29) is 5.92 Å². The Hall–Kier alpha value is -3.33. The highest BCUT2D eigenvalue weighted by molar-refractivity contribution is 7.89. The number of nitrogens with zero attached hydrogens (tertiary/aromatic N) is 3. The van der Waals surface area contributed by atoms with Gasteiger partial charge in [-0.1, -0.05) is 24.3 Å². The second-order valence-electron chi connectivity index (χ2n) is 7.72. The maximum absolute atomic E-state index is 12.6. The molecule has 1 unspecified atom stereocenters. The smallest absolute Gasteiger partial charge is 0.289 e. The first-order valence-corrected chi connectivity index (χ1v) is 11.9. The summed E-state index contributed by atoms with van der Waals surface area (Å²) in [7, 11) is -4.22. The van der Waals surface area contributed by atoms with Crippen molar-refractivity contribution < 1.29 is 22.9 Å². The second-order valence-corrected chi connectivity index (χ2v) is 9.46. The van der Waals surface area contributed by atoms with Crippen molar-refractivity contribution in [2.75, 3.05) is 26.2 Å². The highest BCUT2D eigenvalue weighted by Gasteiger charge is 2.28. The number of hydrogen-bond acceptors (Lipinski definition) is 7. The van der Waals surface area contributed by atoms with Crippen LogP contribution >= 0.6 is 0 Å². The maximum Gasteiger partial charge on any atom is 0.289 e. The molecule has 0 spiro atoms. The van der Waals surface area contributed by atoms with Crippen LogP contribution in [0, 0.1) is 27.4 Å². The predicted molar refractivity (Wildman–Crippen MR) is 118 cm³/mol. The van der Waals surface area contributed by atoms with Gasteiger partial charge in [-0.15, -0.1) is 0 Å². The van der Waals surface area contributed by atoms with E-state index in [1.54, 1.807) is 23.1 Å². The molecule has 1 aliphatic heterocycles. The third-order valence-corrected chi connectivity index (χ3v) is 6.76. The highest BCUT2D eigenvalue weighted by Crippen LogP contribution is 2.23. The van der Waals surface area contributed by atoms with Gasteiger partial charge in [-0.2, -0.15) is 5.26 Å². The molecule has 11 heteroatoms. The molecule has 1 heterocycles. The molecule has 0 aliphatic carbocycles. The van der Waals surface area contributed by atoms with Gasteiger partial charge in [0.2, 0.25) is 15.9 Å². The van der Waals surface area contributed by atoms with Gasteiger partial charge in [-0.3, -0.25) is 14.9 Å². The van der Waals surface area contributed by atoms with Crippen LogP contribution in [0.4, 0.5) is 5.69 Å². The number of carbonyl (C=O) groups excluding carboxylic acids is 1. The van der Waals surface area contributed by atoms with Crippen molar-refractivity contribution in [2.45, 2.75) is 24.3 Å². The topological polar surface area (TPSA) is 143 Å². The summed E-state index contributed by atoms with van der Waals surface area (Å²) in [6.45, 7) is 1.25. The lowest BCUT2D eigenvalue weighted by molar-refractivity contribution is -0.387. The Morgan fingerprint density at radius 3 is 2.82 bits per heavy atom. The number of nitro benzene ring substituents is 1. The number of benzene rings is 2. The molecule has 33 heavy (non-hydrogen) atoms. The fraction of sp³-hybridized carbons (Fsp3) is 0.364. The van der Waals surface area contributed by atoms with Crippen molar-refractivity contribution in [2.24, 2.45) is 5.92 Å². The molecule has 0 aromatic heterocycles. The highest BCUT2D eigenvalue weighted by atomic mass is 32.2. The number of likely N-dealkylation sites (tertiary alicyclic amines) is 1. The van der Waals surface area contributed by atoms with Gasteiger partial charge < -0.3 is 9.64 Å². The number of piperidine rings is 1. The van der Waals surface area contributed by atoms with E-state index in [1.807, 2.05) is 6.07 Å². The van der Waals surface area contributed by atoms with Crippen LogP contribution in [0.2, 0.25) is 0 Å². The summed E-state index contributed by atoms with van der Waals surface area (Å²) < 4.78 is 33.0. The number of ether oxygens (including phenoxy) is 1. The van der Waals surface area contributed by atoms with E-state index in [2.05, 4.69) is 10.8 Å². The summed E-state index contributed by atoms with van der Waals surface area (Å²) in [4.78, 5) is 24.0. The normalized spacial score (nSPS) is 16.2. The van der Waals surface area contributed by atoms with Gasteiger partial charge in [-0.05, 0) is 42.5 Å². The molecule has 10 nitrogen and oxygen atoms in total. The molecule has 2 aromatic carbocycles. The van der Waals surface area contributed by atoms with Gasteiger partial charge in [0.05, 0.1) is 36.3 Å². The zero-order valence-electron chi connectivity index (χ0n) is 17.8. The lowest BCUT2D eigenvalue weighted by Gasteiger charge is -2.32. The molecule has 0 bridgehead atoms. The average Bonchev–Trinajstić information content (AvgIpc) is 2.83. The van der Waals surface area contributed by atoms with Crippen LogP contribution < -0.4 is 4.72 Å². The van der Waals surface area contributed by atoms with E-state index in [0.29, 0.717) is 31.9 Å². The zero-order valence-corrected chi connectivity index (χ0v) is 18.7. The Labute approximate surface area is 192 Å². The molecule has 3 rings (SSSR count). The van der Waals surface area contributed by atoms with Crippen molar-refractivity contribution in [3.63, 3.8) is 0 Å². The number of nitriles is 1. The van der Waals surface area contributed by atoms with E-state index in [0.717, 1.165) is 30.5 Å². The maximum atomic E-state index is 12.6. The van der Waals surface area contributed by atoms with Crippen molar-refractivity contribution in [3.05, 3.63) is 69.8 Å². The zero-order chi connectivity index (χ0) is 23.8. The standard InChI is InChI=1S/C22H24N4O6S/c23-12-17-5-3-6-18(11-17)15-32-16-19-7-4-10-25(14-19)22(27)13-24-33(30,31)21-9-2-1-8-20(21)26(28)29/h1-3,5-6,8-9,11,19,24H,4,7,10,13-16H2. The lowest BCUT2D eigenvalue weighted by Crippen LogP contribution is -2.45. The molecule has 0 saturated carbocycles. The minimum atomic E-state index is -4.22. The van der Waals surface area contributed by atoms with Crippen molar-refractivity contribution in [3.8, 4) is 6.07 Å². The summed E-state index contributed by atoms with van der Waals surface area (Å²) in [5.41, 5.74) is 0.906. The summed E-state index contributed by atoms with van der Waals surface area (Å²) >= 11 is 0. The molecule has 1 N–H and O–H groups in total. The summed E-state index contributed by atoms with van der Waals surface area (Å²) in [5, 5.41) is 20.1. The summed E-state index contributed by atoms with van der Waals surface area (Å²) in [6, 6.07) is 14.2. The first kappa shape index (κ1) is 24.3. The Balaban J connectivity index is 1.51. The van der Waals surface area contributed by atoms with Crippen LogP contribution in [0.15, 0.2) is 53.4 Å². The number of nitrogens with one attached hydrogen (secondary N) is 1. The third-order valence-electron chi connectivity index (χ3n) is 5.31. The lowest BCUT2D eigenvalue weighted by atomic mass is 9.99. The van der Waals surface area contributed by atoms with Gasteiger partial charge >= 0.3 is 0 Å². The molecule has 1 atom stereocenters. The number of amides is 1. The van der Waals surface area contributed by atoms with E-state index < -0.39 is 38.0 Å². The molecule has 174 valence electrons. The number of rotatable bonds is 9. The Bertz CT molecular complexity index is 1160. The van der Waals surface area contributed by atoms with Crippen molar-refractivity contribution in [1.29, 1.82) is 5.26 Å². The van der Waals surface area contributed by atoms with Gasteiger partial charge in [0.25, 0.3) is 5.69 Å². The molecule has 1 amide bonds. The Kier molecular flexibility index (Phi) is 8.11. The number of nitro groups is 1. The molecular formula is C22H24N4O6S. The molecule has 1 aliphatic rings. The average molecular weight is 473 g/mol. The van der Waals surface area contributed by atoms with E-state index in [4.69, 9.17) is 10.00 Å². The van der Waals surface area contributed by atoms with Gasteiger partial charge in [0, 0.05) is 19.2 Å². The number of para-hydroxylation sites is 1. The van der Waals surface area contributed by atoms with E-state index >= 15 is 0 Å². The molecule has 0 radical (unpaired) electrons. The van der Waals surface area contributed by atoms with Crippen LogP contribution in [0.25, 0.3) is 0 Å². The number of carbonyl (C=O) groups is 1. The van der Waals surface area contributed by atoms with E-state index in [9.17, 15) is 23.3 Å². The quantitative estimate of drug-likeness (QED) is 0.435. The Morgan fingerprint density at radius 1 is 1.27 bits per heavy atom. The number of sulfonamides is 1. The Morgan fingerprint density at radius 2 is 2.06 bits per heavy atom. The molecular weight excluding hydrogens is 448 g/mol. The van der Waals surface area contributed by atoms with Gasteiger partial charge in [-0.25, -0.2) is 13.1 Å².